The van der Waals surface area contributed by atoms with Gasteiger partial charge in [-0.15, -0.1) is 0 Å². The lowest BCUT2D eigenvalue weighted by molar-refractivity contribution is -0.145. The second kappa shape index (κ2) is 7.73. The van der Waals surface area contributed by atoms with Gasteiger partial charge in [0.25, 0.3) is 5.91 Å². The molecule has 0 saturated carbocycles. The number of rotatable bonds is 4. The number of aliphatic carboxylic acids is 1. The zero-order chi connectivity index (χ0) is 19.6. The minimum absolute atomic E-state index is 0.0354. The van der Waals surface area contributed by atoms with Crippen molar-refractivity contribution in [1.29, 1.82) is 0 Å². The number of benzene rings is 1. The van der Waals surface area contributed by atoms with Crippen LogP contribution < -0.4 is 0 Å². The maximum absolute atomic E-state index is 12.9. The molecule has 2 heterocycles. The van der Waals surface area contributed by atoms with Gasteiger partial charge in [0, 0.05) is 31.2 Å². The summed E-state index contributed by atoms with van der Waals surface area (Å²) in [6.45, 7) is 2.62. The smallest absolute Gasteiger partial charge is 0.306 e. The largest absolute Gasteiger partial charge is 0.481 e. The second-order valence-electron chi connectivity index (χ2n) is 6.98. The zero-order valence-electron chi connectivity index (χ0n) is 15.5. The molecule has 0 atom stereocenters. The van der Waals surface area contributed by atoms with Gasteiger partial charge in [-0.2, -0.15) is 0 Å². The first-order valence-corrected chi connectivity index (χ1v) is 8.99. The van der Waals surface area contributed by atoms with Crippen molar-refractivity contribution < 1.29 is 19.5 Å². The molecule has 0 bridgehead atoms. The molecule has 0 spiro atoms. The Labute approximate surface area is 157 Å². The summed E-state index contributed by atoms with van der Waals surface area (Å²) in [4.78, 5) is 44.0. The van der Waals surface area contributed by atoms with Gasteiger partial charge < -0.3 is 14.9 Å². The number of amides is 2. The van der Waals surface area contributed by atoms with Gasteiger partial charge in [-0.1, -0.05) is 18.2 Å². The fraction of sp³-hybridized carbons (Fsp3) is 0.400. The normalized spacial score (nSPS) is 15.0. The van der Waals surface area contributed by atoms with Crippen molar-refractivity contribution >= 4 is 28.7 Å². The average molecular weight is 369 g/mol. The summed E-state index contributed by atoms with van der Waals surface area (Å²) in [6.07, 6.45) is 0.903. The summed E-state index contributed by atoms with van der Waals surface area (Å²) in [7, 11) is 1.61. The molecule has 0 aliphatic carbocycles. The molecule has 3 rings (SSSR count). The Hall–Kier alpha value is -2.96. The SMILES string of the molecule is Cc1cc(C(=O)N(C)CC(=O)N2CCC(C(=O)O)CC2)c2ccccc2n1. The van der Waals surface area contributed by atoms with Crippen LogP contribution >= 0.6 is 0 Å². The van der Waals surface area contributed by atoms with E-state index in [0.717, 1.165) is 16.6 Å². The Morgan fingerprint density at radius 3 is 2.56 bits per heavy atom. The van der Waals surface area contributed by atoms with Gasteiger partial charge >= 0.3 is 5.97 Å². The quantitative estimate of drug-likeness (QED) is 0.889. The predicted molar refractivity (Wildman–Crippen MR) is 100 cm³/mol. The molecule has 27 heavy (non-hydrogen) atoms. The molecule has 1 aliphatic heterocycles. The van der Waals surface area contributed by atoms with Gasteiger partial charge in [0.05, 0.1) is 23.5 Å². The number of carbonyl (C=O) groups is 3. The van der Waals surface area contributed by atoms with Crippen molar-refractivity contribution in [3.05, 3.63) is 41.6 Å². The Balaban J connectivity index is 1.70. The van der Waals surface area contributed by atoms with Crippen LogP contribution in [0.5, 0.6) is 0 Å². The van der Waals surface area contributed by atoms with Crippen molar-refractivity contribution in [2.45, 2.75) is 19.8 Å². The fourth-order valence-corrected chi connectivity index (χ4v) is 3.44. The van der Waals surface area contributed by atoms with Crippen LogP contribution in [0.2, 0.25) is 0 Å². The fourth-order valence-electron chi connectivity index (χ4n) is 3.44. The third kappa shape index (κ3) is 4.07. The number of likely N-dealkylation sites (tertiary alicyclic amines) is 1. The van der Waals surface area contributed by atoms with E-state index in [9.17, 15) is 14.4 Å². The van der Waals surface area contributed by atoms with Crippen LogP contribution in [0.3, 0.4) is 0 Å². The zero-order valence-corrected chi connectivity index (χ0v) is 15.5. The number of aryl methyl sites for hydroxylation is 1. The third-order valence-electron chi connectivity index (χ3n) is 4.99. The first-order chi connectivity index (χ1) is 12.9. The molecule has 1 aliphatic rings. The van der Waals surface area contributed by atoms with Gasteiger partial charge in [-0.05, 0) is 31.9 Å². The molecule has 0 unspecified atom stereocenters. The highest BCUT2D eigenvalue weighted by Crippen LogP contribution is 2.20. The van der Waals surface area contributed by atoms with Crippen molar-refractivity contribution in [2.75, 3.05) is 26.7 Å². The van der Waals surface area contributed by atoms with E-state index in [4.69, 9.17) is 5.11 Å². The maximum atomic E-state index is 12.9. The van der Waals surface area contributed by atoms with Gasteiger partial charge in [0.15, 0.2) is 0 Å². The van der Waals surface area contributed by atoms with Crippen molar-refractivity contribution in [3.63, 3.8) is 0 Å². The molecule has 0 radical (unpaired) electrons. The van der Waals surface area contributed by atoms with E-state index in [0.29, 0.717) is 31.5 Å². The van der Waals surface area contributed by atoms with Crippen molar-refractivity contribution in [3.8, 4) is 0 Å². The molecule has 2 amide bonds. The van der Waals surface area contributed by atoms with Crippen LogP contribution in [0.4, 0.5) is 0 Å². The number of carbonyl (C=O) groups excluding carboxylic acids is 2. The van der Waals surface area contributed by atoms with E-state index in [-0.39, 0.29) is 24.3 Å². The number of hydrogen-bond acceptors (Lipinski definition) is 4. The number of hydrogen-bond donors (Lipinski definition) is 1. The summed E-state index contributed by atoms with van der Waals surface area (Å²) in [5.74, 6) is -1.59. The lowest BCUT2D eigenvalue weighted by Crippen LogP contribution is -2.45. The van der Waals surface area contributed by atoms with E-state index in [1.807, 2.05) is 31.2 Å². The number of carboxylic acid groups (broad SMARTS) is 1. The first kappa shape index (κ1) is 18.8. The molecule has 142 valence electrons. The Morgan fingerprint density at radius 1 is 1.22 bits per heavy atom. The predicted octanol–water partition coefficient (Wildman–Crippen LogP) is 1.94. The minimum atomic E-state index is -0.811. The molecule has 7 heteroatoms. The standard InChI is InChI=1S/C20H23N3O4/c1-13-11-16(15-5-3-4-6-17(15)21-13)19(25)22(2)12-18(24)23-9-7-14(8-10-23)20(26)27/h3-6,11,14H,7-10,12H2,1-2H3,(H,26,27). The number of nitrogens with zero attached hydrogens (tertiary/aromatic N) is 3. The molecule has 1 fully saturated rings. The number of likely N-dealkylation sites (N-methyl/N-ethyl adjacent to an activating group) is 1. The average Bonchev–Trinajstić information content (AvgIpc) is 2.66. The van der Waals surface area contributed by atoms with Crippen LogP contribution in [-0.4, -0.2) is 64.4 Å². The molecule has 7 nitrogen and oxygen atoms in total. The van der Waals surface area contributed by atoms with E-state index in [1.165, 1.54) is 4.90 Å². The lowest BCUT2D eigenvalue weighted by atomic mass is 9.97. The monoisotopic (exact) mass is 369 g/mol. The number of pyridine rings is 1. The Bertz CT molecular complexity index is 888. The van der Waals surface area contributed by atoms with Crippen LogP contribution in [0.15, 0.2) is 30.3 Å². The van der Waals surface area contributed by atoms with Crippen molar-refractivity contribution in [2.24, 2.45) is 5.92 Å². The Morgan fingerprint density at radius 2 is 1.89 bits per heavy atom. The molecule has 2 aromatic rings. The van der Waals surface area contributed by atoms with Crippen molar-refractivity contribution in [1.82, 2.24) is 14.8 Å². The van der Waals surface area contributed by atoms with E-state index >= 15 is 0 Å². The molecular formula is C20H23N3O4. The summed E-state index contributed by atoms with van der Waals surface area (Å²) in [6, 6.07) is 9.17. The maximum Gasteiger partial charge on any atom is 0.306 e. The number of piperidine rings is 1. The molecule has 1 aromatic heterocycles. The molecule has 1 saturated heterocycles. The van der Waals surface area contributed by atoms with Crippen LogP contribution in [0, 0.1) is 12.8 Å². The number of aromatic nitrogens is 1. The van der Waals surface area contributed by atoms with E-state index in [1.54, 1.807) is 18.0 Å². The third-order valence-corrected chi connectivity index (χ3v) is 4.99. The van der Waals surface area contributed by atoms with Crippen LogP contribution in [0.25, 0.3) is 10.9 Å². The van der Waals surface area contributed by atoms with Gasteiger partial charge in [0.1, 0.15) is 0 Å². The van der Waals surface area contributed by atoms with Gasteiger partial charge in [0.2, 0.25) is 5.91 Å². The summed E-state index contributed by atoms with van der Waals surface area (Å²) < 4.78 is 0. The highest BCUT2D eigenvalue weighted by molar-refractivity contribution is 6.07. The highest BCUT2D eigenvalue weighted by atomic mass is 16.4. The summed E-state index contributed by atoms with van der Waals surface area (Å²) >= 11 is 0. The Kier molecular flexibility index (Phi) is 5.39. The summed E-state index contributed by atoms with van der Waals surface area (Å²) in [5, 5.41) is 9.81. The van der Waals surface area contributed by atoms with Gasteiger partial charge in [-0.25, -0.2) is 0 Å². The van der Waals surface area contributed by atoms with Gasteiger partial charge in [-0.3, -0.25) is 19.4 Å². The molecule has 1 aromatic carbocycles. The van der Waals surface area contributed by atoms with E-state index in [2.05, 4.69) is 4.98 Å². The van der Waals surface area contributed by atoms with Crippen LogP contribution in [-0.2, 0) is 9.59 Å². The number of fused-ring (bicyclic) bond motifs is 1. The van der Waals surface area contributed by atoms with E-state index < -0.39 is 5.97 Å². The molecule has 1 N–H and O–H groups in total. The topological polar surface area (TPSA) is 90.8 Å². The number of carboxylic acids is 1. The highest BCUT2D eigenvalue weighted by Gasteiger charge is 2.28. The van der Waals surface area contributed by atoms with Crippen LogP contribution in [0.1, 0.15) is 28.9 Å². The first-order valence-electron chi connectivity index (χ1n) is 8.99. The minimum Gasteiger partial charge on any atom is -0.481 e. The second-order valence-corrected chi connectivity index (χ2v) is 6.98. The number of para-hydroxylation sites is 1. The molecular weight excluding hydrogens is 346 g/mol. The lowest BCUT2D eigenvalue weighted by Gasteiger charge is -2.31. The summed E-state index contributed by atoms with van der Waals surface area (Å²) in [5.41, 5.74) is 2.02.